The molecule has 0 amide bonds. The molecular formula is C15H10N2O5S. The number of aliphatic hydroxyl groups excluding tert-OH is 2. The third-order valence-corrected chi connectivity index (χ3v) is 4.89. The van der Waals surface area contributed by atoms with Crippen molar-refractivity contribution < 1.29 is 19.6 Å². The average molecular weight is 330 g/mol. The molecule has 0 fully saturated rings. The number of hydrogen-bond donors (Lipinski definition) is 2. The largest absolute Gasteiger partial charge is 0.433 e. The van der Waals surface area contributed by atoms with Crippen molar-refractivity contribution in [2.75, 3.05) is 0 Å². The standard InChI is InChI=1S/C15H10N2O5S/c18-12-7-3-1-2-4-8(7)13(19)14-11(12)16-15(23-14)9-5-6-10(22-9)17(20)21/h1-6,12-13,18-19H. The molecule has 3 aromatic rings. The van der Waals surface area contributed by atoms with Crippen LogP contribution in [0.25, 0.3) is 10.8 Å². The second-order valence-electron chi connectivity index (χ2n) is 5.10. The molecule has 0 spiro atoms. The third-order valence-electron chi connectivity index (χ3n) is 3.76. The summed E-state index contributed by atoms with van der Waals surface area (Å²) in [5.41, 5.74) is 1.60. The van der Waals surface area contributed by atoms with Crippen LogP contribution in [0.4, 0.5) is 5.88 Å². The summed E-state index contributed by atoms with van der Waals surface area (Å²) >= 11 is 1.15. The Kier molecular flexibility index (Phi) is 3.05. The molecule has 4 rings (SSSR count). The molecular weight excluding hydrogens is 320 g/mol. The first-order valence-electron chi connectivity index (χ1n) is 6.76. The molecule has 1 aliphatic rings. The molecule has 116 valence electrons. The van der Waals surface area contributed by atoms with Crippen LogP contribution in [0.2, 0.25) is 0 Å². The number of thiazole rings is 1. The fourth-order valence-electron chi connectivity index (χ4n) is 2.68. The van der Waals surface area contributed by atoms with Crippen molar-refractivity contribution in [1.82, 2.24) is 4.98 Å². The van der Waals surface area contributed by atoms with Crippen LogP contribution >= 0.6 is 11.3 Å². The molecule has 1 aromatic carbocycles. The predicted molar refractivity (Wildman–Crippen MR) is 81.0 cm³/mol. The summed E-state index contributed by atoms with van der Waals surface area (Å²) in [5.74, 6) is -0.142. The van der Waals surface area contributed by atoms with E-state index in [1.165, 1.54) is 12.1 Å². The number of nitro groups is 1. The first kappa shape index (κ1) is 14.1. The number of aliphatic hydroxyl groups is 2. The maximum Gasteiger partial charge on any atom is 0.433 e. The molecule has 0 saturated heterocycles. The molecule has 8 heteroatoms. The normalized spacial score (nSPS) is 19.2. The molecule has 7 nitrogen and oxygen atoms in total. The Morgan fingerprint density at radius 2 is 1.83 bits per heavy atom. The molecule has 23 heavy (non-hydrogen) atoms. The second kappa shape index (κ2) is 4.98. The van der Waals surface area contributed by atoms with Crippen LogP contribution in [0.5, 0.6) is 0 Å². The summed E-state index contributed by atoms with van der Waals surface area (Å²) in [6, 6.07) is 9.76. The zero-order chi connectivity index (χ0) is 16.1. The molecule has 2 heterocycles. The molecule has 0 saturated carbocycles. The van der Waals surface area contributed by atoms with E-state index in [1.807, 2.05) is 0 Å². The predicted octanol–water partition coefficient (Wildman–Crippen LogP) is 2.79. The molecule has 2 N–H and O–H groups in total. The quantitative estimate of drug-likeness (QED) is 0.552. The maximum absolute atomic E-state index is 10.7. The number of aromatic nitrogens is 1. The molecule has 0 radical (unpaired) electrons. The highest BCUT2D eigenvalue weighted by Crippen LogP contribution is 2.45. The summed E-state index contributed by atoms with van der Waals surface area (Å²) in [6.45, 7) is 0. The lowest BCUT2D eigenvalue weighted by Gasteiger charge is -2.24. The van der Waals surface area contributed by atoms with E-state index in [0.29, 0.717) is 26.7 Å². The average Bonchev–Trinajstić information content (AvgIpc) is 3.19. The highest BCUT2D eigenvalue weighted by Gasteiger charge is 2.34. The van der Waals surface area contributed by atoms with E-state index in [9.17, 15) is 20.3 Å². The van der Waals surface area contributed by atoms with Gasteiger partial charge in [0.1, 0.15) is 17.1 Å². The second-order valence-corrected chi connectivity index (χ2v) is 6.13. The number of fused-ring (bicyclic) bond motifs is 2. The highest BCUT2D eigenvalue weighted by molar-refractivity contribution is 7.15. The summed E-state index contributed by atoms with van der Waals surface area (Å²) < 4.78 is 5.14. The molecule has 0 aliphatic heterocycles. The van der Waals surface area contributed by atoms with Gasteiger partial charge < -0.3 is 14.6 Å². The summed E-state index contributed by atoms with van der Waals surface area (Å²) in [5, 5.41) is 32.1. The Morgan fingerprint density at radius 3 is 2.48 bits per heavy atom. The number of nitrogens with zero attached hydrogens (tertiary/aromatic N) is 2. The topological polar surface area (TPSA) is 110 Å². The Balaban J connectivity index is 1.81. The minimum atomic E-state index is -0.945. The fourth-order valence-corrected chi connectivity index (χ4v) is 3.74. The summed E-state index contributed by atoms with van der Waals surface area (Å²) in [6.07, 6.45) is -1.83. The molecule has 0 bridgehead atoms. The SMILES string of the molecule is O=[N+]([O-])c1ccc(-c2nc3c(s2)C(O)c2ccccc2C3O)o1. The van der Waals surface area contributed by atoms with Crippen molar-refractivity contribution in [3.8, 4) is 10.8 Å². The van der Waals surface area contributed by atoms with Gasteiger partial charge in [0.25, 0.3) is 0 Å². The lowest BCUT2D eigenvalue weighted by atomic mass is 9.89. The Labute approximate surface area is 133 Å². The van der Waals surface area contributed by atoms with Crippen LogP contribution in [0.3, 0.4) is 0 Å². The maximum atomic E-state index is 10.7. The van der Waals surface area contributed by atoms with Gasteiger partial charge >= 0.3 is 5.88 Å². The fraction of sp³-hybridized carbons (Fsp3) is 0.133. The smallest absolute Gasteiger partial charge is 0.398 e. The van der Waals surface area contributed by atoms with Gasteiger partial charge in [-0.2, -0.15) is 0 Å². The van der Waals surface area contributed by atoms with E-state index in [2.05, 4.69) is 4.98 Å². The minimum absolute atomic E-state index is 0.236. The van der Waals surface area contributed by atoms with E-state index in [-0.39, 0.29) is 11.6 Å². The van der Waals surface area contributed by atoms with Gasteiger partial charge in [-0.05, 0) is 17.2 Å². The van der Waals surface area contributed by atoms with Crippen molar-refractivity contribution in [1.29, 1.82) is 0 Å². The van der Waals surface area contributed by atoms with Gasteiger partial charge in [-0.15, -0.1) is 11.3 Å². The van der Waals surface area contributed by atoms with Crippen molar-refractivity contribution in [3.05, 3.63) is 68.2 Å². The highest BCUT2D eigenvalue weighted by atomic mass is 32.1. The number of rotatable bonds is 2. The van der Waals surface area contributed by atoms with Crippen molar-refractivity contribution in [3.63, 3.8) is 0 Å². The zero-order valence-electron chi connectivity index (χ0n) is 11.5. The molecule has 2 atom stereocenters. The van der Waals surface area contributed by atoms with E-state index in [0.717, 1.165) is 11.3 Å². The minimum Gasteiger partial charge on any atom is -0.398 e. The van der Waals surface area contributed by atoms with E-state index < -0.39 is 17.1 Å². The number of benzene rings is 1. The van der Waals surface area contributed by atoms with Crippen LogP contribution in [0, 0.1) is 10.1 Å². The van der Waals surface area contributed by atoms with Crippen molar-refractivity contribution >= 4 is 17.2 Å². The summed E-state index contributed by atoms with van der Waals surface area (Å²) in [7, 11) is 0. The Bertz CT molecular complexity index is 870. The van der Waals surface area contributed by atoms with Crippen molar-refractivity contribution in [2.45, 2.75) is 12.2 Å². The van der Waals surface area contributed by atoms with Crippen LogP contribution in [-0.4, -0.2) is 20.1 Å². The van der Waals surface area contributed by atoms with Gasteiger partial charge in [0.2, 0.25) is 0 Å². The first-order valence-corrected chi connectivity index (χ1v) is 7.58. The van der Waals surface area contributed by atoms with Gasteiger partial charge in [0.05, 0.1) is 16.6 Å². The van der Waals surface area contributed by atoms with Gasteiger partial charge in [-0.1, -0.05) is 24.3 Å². The number of hydrogen-bond acceptors (Lipinski definition) is 7. The summed E-state index contributed by atoms with van der Waals surface area (Å²) in [4.78, 5) is 14.9. The van der Waals surface area contributed by atoms with Crippen LogP contribution in [0.1, 0.15) is 33.9 Å². The van der Waals surface area contributed by atoms with Crippen LogP contribution < -0.4 is 0 Å². The lowest BCUT2D eigenvalue weighted by Crippen LogP contribution is -2.16. The molecule has 1 aliphatic carbocycles. The molecule has 2 unspecified atom stereocenters. The Morgan fingerprint density at radius 1 is 1.13 bits per heavy atom. The van der Waals surface area contributed by atoms with Gasteiger partial charge in [-0.3, -0.25) is 10.1 Å². The van der Waals surface area contributed by atoms with Crippen LogP contribution in [-0.2, 0) is 0 Å². The van der Waals surface area contributed by atoms with Gasteiger partial charge in [0, 0.05) is 0 Å². The Hall–Kier alpha value is -2.55. The first-order chi connectivity index (χ1) is 11.1. The van der Waals surface area contributed by atoms with Gasteiger partial charge in [-0.25, -0.2) is 4.98 Å². The number of furan rings is 1. The van der Waals surface area contributed by atoms with E-state index in [1.54, 1.807) is 24.3 Å². The van der Waals surface area contributed by atoms with E-state index in [4.69, 9.17) is 4.42 Å². The third kappa shape index (κ3) is 2.07. The molecule has 2 aromatic heterocycles. The van der Waals surface area contributed by atoms with Crippen LogP contribution in [0.15, 0.2) is 40.8 Å². The van der Waals surface area contributed by atoms with E-state index >= 15 is 0 Å². The lowest BCUT2D eigenvalue weighted by molar-refractivity contribution is -0.401. The zero-order valence-corrected chi connectivity index (χ0v) is 12.4. The van der Waals surface area contributed by atoms with Gasteiger partial charge in [0.15, 0.2) is 10.8 Å². The van der Waals surface area contributed by atoms with Crippen molar-refractivity contribution in [2.24, 2.45) is 0 Å². The monoisotopic (exact) mass is 330 g/mol.